The molecular weight excluding hydrogens is 791 g/mol. The minimum atomic E-state index is -0.526. The van der Waals surface area contributed by atoms with Crippen molar-refractivity contribution >= 4 is 85.2 Å². The fourth-order valence-corrected chi connectivity index (χ4v) is 7.99. The number of hydrogen-bond donors (Lipinski definition) is 0. The minimum absolute atomic E-state index is 0.00149. The van der Waals surface area contributed by atoms with Gasteiger partial charge < -0.3 is 29.1 Å². The van der Waals surface area contributed by atoms with Gasteiger partial charge in [0.05, 0.1) is 46.5 Å². The van der Waals surface area contributed by atoms with Crippen LogP contribution in [0, 0.1) is 20.2 Å². The minimum Gasteiger partial charge on any atom is -0.497 e. The Balaban J connectivity index is 1.05. The maximum absolute atomic E-state index is 14.7. The Labute approximate surface area is 340 Å². The number of hydrogen-bond acceptors (Lipinski definition) is 15. The molecule has 0 unspecified atom stereocenters. The number of carbonyl (C=O) groups is 1. The van der Waals surface area contributed by atoms with Crippen molar-refractivity contribution in [2.75, 3.05) is 86.2 Å². The van der Waals surface area contributed by atoms with Gasteiger partial charge in [-0.3, -0.25) is 25.0 Å². The van der Waals surface area contributed by atoms with Crippen LogP contribution in [0.2, 0.25) is 10.0 Å². The van der Waals surface area contributed by atoms with Crippen molar-refractivity contribution in [3.8, 4) is 11.5 Å². The number of methoxy groups -OCH3 is 2. The number of fused-ring (bicyclic) bond motifs is 2. The summed E-state index contributed by atoms with van der Waals surface area (Å²) in [5, 5.41) is 24.4. The van der Waals surface area contributed by atoms with E-state index in [1.807, 2.05) is 21.9 Å². The molecule has 0 spiro atoms. The molecule has 2 aliphatic rings. The van der Waals surface area contributed by atoms with E-state index in [1.165, 1.54) is 36.9 Å². The highest BCUT2D eigenvalue weighted by atomic mass is 35.5. The summed E-state index contributed by atoms with van der Waals surface area (Å²) >= 11 is 12.3. The van der Waals surface area contributed by atoms with E-state index in [0.29, 0.717) is 120 Å². The lowest BCUT2D eigenvalue weighted by Gasteiger charge is -2.38. The SMILES string of the molecule is COc1ccc(C(=O)c2ccc(OC)cc2N2CCN(c3ncnc4cc(Cl)c([N+](=O)[O-])cc34)CC2)c(N2CCN(c3ncnc4cc(Cl)c([N+](=O)[O-])cc34)CC2)c1. The maximum atomic E-state index is 14.7. The van der Waals surface area contributed by atoms with E-state index in [9.17, 15) is 25.0 Å². The average Bonchev–Trinajstić information content (AvgIpc) is 3.24. The van der Waals surface area contributed by atoms with Crippen molar-refractivity contribution in [3.63, 3.8) is 0 Å². The van der Waals surface area contributed by atoms with Crippen molar-refractivity contribution in [2.45, 2.75) is 0 Å². The summed E-state index contributed by atoms with van der Waals surface area (Å²) in [6.07, 6.45) is 2.83. The zero-order valence-electron chi connectivity index (χ0n) is 31.2. The monoisotopic (exact) mass is 824 g/mol. The summed E-state index contributed by atoms with van der Waals surface area (Å²) in [5.74, 6) is 2.13. The predicted octanol–water partition coefficient (Wildman–Crippen LogP) is 6.60. The van der Waals surface area contributed by atoms with E-state index in [2.05, 4.69) is 29.7 Å². The molecule has 2 saturated heterocycles. The summed E-state index contributed by atoms with van der Waals surface area (Å²) < 4.78 is 11.2. The fraction of sp³-hybridized carbons (Fsp3) is 0.256. The molecule has 0 atom stereocenters. The van der Waals surface area contributed by atoms with Gasteiger partial charge in [-0.05, 0) is 36.4 Å². The van der Waals surface area contributed by atoms with Crippen LogP contribution < -0.4 is 29.1 Å². The highest BCUT2D eigenvalue weighted by Gasteiger charge is 2.29. The third kappa shape index (κ3) is 7.13. The number of piperazine rings is 2. The van der Waals surface area contributed by atoms with E-state index >= 15 is 0 Å². The van der Waals surface area contributed by atoms with Crippen molar-refractivity contribution in [2.24, 2.45) is 0 Å². The molecule has 4 heterocycles. The van der Waals surface area contributed by atoms with Crippen LogP contribution in [0.1, 0.15) is 15.9 Å². The van der Waals surface area contributed by atoms with Crippen LogP contribution in [0.3, 0.4) is 0 Å². The number of carbonyl (C=O) groups excluding carboxylic acids is 1. The Morgan fingerprint density at radius 3 is 1.33 bits per heavy atom. The van der Waals surface area contributed by atoms with Gasteiger partial charge in [0.25, 0.3) is 11.4 Å². The average molecular weight is 826 g/mol. The lowest BCUT2D eigenvalue weighted by atomic mass is 9.97. The number of nitro groups is 2. The van der Waals surface area contributed by atoms with Crippen LogP contribution in [0.25, 0.3) is 21.8 Å². The summed E-state index contributed by atoms with van der Waals surface area (Å²) in [5.41, 5.74) is 2.95. The molecule has 19 heteroatoms. The molecule has 0 saturated carbocycles. The van der Waals surface area contributed by atoms with Gasteiger partial charge in [0, 0.05) is 98.5 Å². The van der Waals surface area contributed by atoms with E-state index in [-0.39, 0.29) is 27.2 Å². The van der Waals surface area contributed by atoms with Gasteiger partial charge in [-0.25, -0.2) is 19.9 Å². The topological polar surface area (TPSA) is 186 Å². The number of halogens is 2. The number of rotatable bonds is 10. The van der Waals surface area contributed by atoms with Crippen molar-refractivity contribution < 1.29 is 24.1 Å². The molecule has 0 bridgehead atoms. The molecule has 58 heavy (non-hydrogen) atoms. The molecule has 0 aliphatic carbocycles. The quantitative estimate of drug-likeness (QED) is 0.0817. The molecular formula is C39H34Cl2N10O7. The molecule has 0 radical (unpaired) electrons. The Hall–Kier alpha value is -6.59. The molecule has 4 aromatic carbocycles. The maximum Gasteiger partial charge on any atom is 0.288 e. The van der Waals surface area contributed by atoms with E-state index in [0.717, 1.165) is 0 Å². The zero-order valence-corrected chi connectivity index (χ0v) is 32.7. The molecule has 2 fully saturated rings. The Morgan fingerprint density at radius 2 is 0.966 bits per heavy atom. The summed E-state index contributed by atoms with van der Waals surface area (Å²) in [4.78, 5) is 62.9. The van der Waals surface area contributed by atoms with Crippen LogP contribution in [-0.2, 0) is 0 Å². The first-order valence-corrected chi connectivity index (χ1v) is 18.9. The van der Waals surface area contributed by atoms with Gasteiger partial charge in [0.15, 0.2) is 5.78 Å². The zero-order chi connectivity index (χ0) is 40.7. The van der Waals surface area contributed by atoms with E-state index in [1.54, 1.807) is 38.5 Å². The Morgan fingerprint density at radius 1 is 0.586 bits per heavy atom. The van der Waals surface area contributed by atoms with Crippen LogP contribution in [0.15, 0.2) is 73.3 Å². The van der Waals surface area contributed by atoms with Crippen molar-refractivity contribution in [3.05, 3.63) is 115 Å². The van der Waals surface area contributed by atoms with Gasteiger partial charge in [-0.15, -0.1) is 0 Å². The van der Waals surface area contributed by atoms with Gasteiger partial charge in [0.2, 0.25) is 0 Å². The molecule has 6 aromatic rings. The number of nitrogens with zero attached hydrogens (tertiary/aromatic N) is 10. The van der Waals surface area contributed by atoms with Crippen molar-refractivity contribution in [1.29, 1.82) is 0 Å². The Kier molecular flexibility index (Phi) is 10.4. The molecule has 296 valence electrons. The van der Waals surface area contributed by atoms with Crippen molar-refractivity contribution in [1.82, 2.24) is 19.9 Å². The smallest absolute Gasteiger partial charge is 0.288 e. The first-order chi connectivity index (χ1) is 28.0. The third-order valence-corrected chi connectivity index (χ3v) is 11.1. The van der Waals surface area contributed by atoms with E-state index in [4.69, 9.17) is 32.7 Å². The number of benzene rings is 4. The highest BCUT2D eigenvalue weighted by molar-refractivity contribution is 6.34. The molecule has 17 nitrogen and oxygen atoms in total. The van der Waals surface area contributed by atoms with Gasteiger partial charge >= 0.3 is 0 Å². The first-order valence-electron chi connectivity index (χ1n) is 18.1. The second-order valence-corrected chi connectivity index (χ2v) is 14.4. The molecule has 2 aromatic heterocycles. The number of anilines is 4. The highest BCUT2D eigenvalue weighted by Crippen LogP contribution is 2.38. The summed E-state index contributed by atoms with van der Waals surface area (Å²) in [7, 11) is 3.15. The van der Waals surface area contributed by atoms with Crippen LogP contribution in [0.5, 0.6) is 11.5 Å². The van der Waals surface area contributed by atoms with Crippen LogP contribution in [-0.4, -0.2) is 102 Å². The molecule has 8 rings (SSSR count). The second kappa shape index (κ2) is 15.7. The molecule has 0 amide bonds. The standard InChI is InChI=1S/C39H34Cl2N10O7/c1-57-23-3-5-25(33(15-23)46-7-11-48(12-8-46)38-27-17-35(50(53)54)29(40)19-31(27)42-21-44-38)37(52)26-6-4-24(58-2)16-34(26)47-9-13-49(14-10-47)39-28-18-36(51(55)56)30(41)20-32(28)43-22-45-39/h3-6,15-22H,7-14H2,1-2H3. The fourth-order valence-electron chi connectivity index (χ4n) is 7.54. The number of ketones is 1. The predicted molar refractivity (Wildman–Crippen MR) is 221 cm³/mol. The van der Waals surface area contributed by atoms with Crippen LogP contribution in [0.4, 0.5) is 34.4 Å². The largest absolute Gasteiger partial charge is 0.497 e. The second-order valence-electron chi connectivity index (χ2n) is 13.6. The molecule has 2 aliphatic heterocycles. The van der Waals surface area contributed by atoms with Crippen LogP contribution >= 0.6 is 23.2 Å². The lowest BCUT2D eigenvalue weighted by Crippen LogP contribution is -2.47. The van der Waals surface area contributed by atoms with Gasteiger partial charge in [0.1, 0.15) is 45.8 Å². The lowest BCUT2D eigenvalue weighted by molar-refractivity contribution is -0.384. The van der Waals surface area contributed by atoms with Gasteiger partial charge in [-0.1, -0.05) is 23.2 Å². The summed E-state index contributed by atoms with van der Waals surface area (Å²) in [6, 6.07) is 16.6. The first kappa shape index (κ1) is 38.3. The number of ether oxygens (including phenoxy) is 2. The number of aromatic nitrogens is 4. The Bertz CT molecular complexity index is 2440. The number of nitro benzene ring substituents is 2. The van der Waals surface area contributed by atoms with Gasteiger partial charge in [-0.2, -0.15) is 0 Å². The summed E-state index contributed by atoms with van der Waals surface area (Å²) in [6.45, 7) is 4.08. The normalized spacial score (nSPS) is 14.6. The third-order valence-electron chi connectivity index (χ3n) is 10.5. The van der Waals surface area contributed by atoms with E-state index < -0.39 is 9.85 Å². The molecule has 0 N–H and O–H groups in total.